The predicted molar refractivity (Wildman–Crippen MR) is 65.3 cm³/mol. The van der Waals surface area contributed by atoms with Crippen molar-refractivity contribution in [3.63, 3.8) is 0 Å². The number of nitrogens with one attached hydrogen (secondary N) is 1. The fourth-order valence-electron chi connectivity index (χ4n) is 1.98. The molecule has 7 nitrogen and oxygen atoms in total. The molecule has 0 aromatic carbocycles. The maximum Gasteiger partial charge on any atom is 0.287 e. The standard InChI is InChI=1S/C11H14N4O3/c1-8-6-11(16)12-4-5-14(8)10-3-2-9(7-13-10)15(17)18/h2-3,7-8H,4-6H2,1H3,(H,12,16)/t8-/m0/s1. The number of carbonyl (C=O) groups excluding carboxylic acids is 1. The van der Waals surface area contributed by atoms with Gasteiger partial charge in [-0.3, -0.25) is 14.9 Å². The summed E-state index contributed by atoms with van der Waals surface area (Å²) in [5, 5.41) is 13.3. The molecule has 0 unspecified atom stereocenters. The zero-order valence-electron chi connectivity index (χ0n) is 10.00. The number of rotatable bonds is 2. The quantitative estimate of drug-likeness (QED) is 0.616. The predicted octanol–water partition coefficient (Wildman–Crippen LogP) is 0.705. The molecule has 1 saturated heterocycles. The van der Waals surface area contributed by atoms with Crippen LogP contribution in [-0.2, 0) is 4.79 Å². The number of carbonyl (C=O) groups is 1. The summed E-state index contributed by atoms with van der Waals surface area (Å²) in [6.07, 6.45) is 1.64. The molecule has 1 amide bonds. The molecule has 0 radical (unpaired) electrons. The number of anilines is 1. The number of nitrogens with zero attached hydrogens (tertiary/aromatic N) is 3. The summed E-state index contributed by atoms with van der Waals surface area (Å²) in [7, 11) is 0. The van der Waals surface area contributed by atoms with Gasteiger partial charge in [-0.15, -0.1) is 0 Å². The second kappa shape index (κ2) is 4.99. The van der Waals surface area contributed by atoms with E-state index in [9.17, 15) is 14.9 Å². The van der Waals surface area contributed by atoms with Crippen LogP contribution in [-0.4, -0.2) is 34.9 Å². The summed E-state index contributed by atoms with van der Waals surface area (Å²) in [5.74, 6) is 0.677. The molecule has 1 aromatic heterocycles. The minimum absolute atomic E-state index is 0.0203. The molecular weight excluding hydrogens is 236 g/mol. The Labute approximate surface area is 104 Å². The molecule has 0 bridgehead atoms. The molecule has 2 rings (SSSR count). The topological polar surface area (TPSA) is 88.4 Å². The summed E-state index contributed by atoms with van der Waals surface area (Å²) in [4.78, 5) is 27.5. The van der Waals surface area contributed by atoms with Crippen LogP contribution in [0.15, 0.2) is 18.3 Å². The average molecular weight is 250 g/mol. The van der Waals surface area contributed by atoms with E-state index in [0.29, 0.717) is 25.3 Å². The lowest BCUT2D eigenvalue weighted by molar-refractivity contribution is -0.385. The normalized spacial score (nSPS) is 20.2. The van der Waals surface area contributed by atoms with E-state index in [1.165, 1.54) is 12.3 Å². The molecular formula is C11H14N4O3. The number of aromatic nitrogens is 1. The summed E-state index contributed by atoms with van der Waals surface area (Å²) in [6, 6.07) is 3.07. The number of nitro groups is 1. The minimum Gasteiger partial charge on any atom is -0.354 e. The number of pyridine rings is 1. The second-order valence-corrected chi connectivity index (χ2v) is 4.23. The fourth-order valence-corrected chi connectivity index (χ4v) is 1.98. The lowest BCUT2D eigenvalue weighted by Crippen LogP contribution is -2.34. The van der Waals surface area contributed by atoms with Gasteiger partial charge in [0.05, 0.1) is 4.92 Å². The molecule has 1 N–H and O–H groups in total. The Hall–Kier alpha value is -2.18. The minimum atomic E-state index is -0.478. The SMILES string of the molecule is C[C@H]1CC(=O)NCCN1c1ccc([N+](=O)[O-])cn1. The van der Waals surface area contributed by atoms with Crippen molar-refractivity contribution in [3.05, 3.63) is 28.4 Å². The highest BCUT2D eigenvalue weighted by Crippen LogP contribution is 2.19. The third kappa shape index (κ3) is 2.55. The van der Waals surface area contributed by atoms with Crippen LogP contribution >= 0.6 is 0 Å². The Bertz CT molecular complexity index is 460. The zero-order chi connectivity index (χ0) is 13.1. The van der Waals surface area contributed by atoms with Crippen molar-refractivity contribution in [2.75, 3.05) is 18.0 Å². The Balaban J connectivity index is 2.19. The average Bonchev–Trinajstić information content (AvgIpc) is 2.50. The highest BCUT2D eigenvalue weighted by Gasteiger charge is 2.22. The van der Waals surface area contributed by atoms with Crippen LogP contribution in [0.3, 0.4) is 0 Å². The Morgan fingerprint density at radius 3 is 2.94 bits per heavy atom. The van der Waals surface area contributed by atoms with Gasteiger partial charge in [0.2, 0.25) is 5.91 Å². The summed E-state index contributed by atoms with van der Waals surface area (Å²) in [6.45, 7) is 3.15. The number of hydrogen-bond acceptors (Lipinski definition) is 5. The highest BCUT2D eigenvalue weighted by atomic mass is 16.6. The van der Waals surface area contributed by atoms with Crippen LogP contribution in [0, 0.1) is 10.1 Å². The molecule has 1 fully saturated rings. The van der Waals surface area contributed by atoms with Gasteiger partial charge >= 0.3 is 0 Å². The lowest BCUT2D eigenvalue weighted by Gasteiger charge is -2.26. The Morgan fingerprint density at radius 2 is 2.33 bits per heavy atom. The molecule has 1 atom stereocenters. The molecule has 0 aliphatic carbocycles. The molecule has 96 valence electrons. The Kier molecular flexibility index (Phi) is 3.40. The van der Waals surface area contributed by atoms with Crippen molar-refractivity contribution < 1.29 is 9.72 Å². The van der Waals surface area contributed by atoms with Gasteiger partial charge in [-0.1, -0.05) is 0 Å². The third-order valence-corrected chi connectivity index (χ3v) is 2.93. The van der Waals surface area contributed by atoms with Crippen LogP contribution in [0.4, 0.5) is 11.5 Å². The van der Waals surface area contributed by atoms with Gasteiger partial charge in [-0.25, -0.2) is 4.98 Å². The number of hydrogen-bond donors (Lipinski definition) is 1. The van der Waals surface area contributed by atoms with Gasteiger partial charge in [0, 0.05) is 31.6 Å². The largest absolute Gasteiger partial charge is 0.354 e. The van der Waals surface area contributed by atoms with Gasteiger partial charge in [0.25, 0.3) is 5.69 Å². The first-order valence-electron chi connectivity index (χ1n) is 5.71. The first-order valence-corrected chi connectivity index (χ1v) is 5.71. The van der Waals surface area contributed by atoms with E-state index >= 15 is 0 Å². The van der Waals surface area contributed by atoms with Gasteiger partial charge < -0.3 is 10.2 Å². The molecule has 0 saturated carbocycles. The summed E-state index contributed by atoms with van der Waals surface area (Å²) < 4.78 is 0. The summed E-state index contributed by atoms with van der Waals surface area (Å²) >= 11 is 0. The Morgan fingerprint density at radius 1 is 1.56 bits per heavy atom. The van der Waals surface area contributed by atoms with Crippen LogP contribution in [0.2, 0.25) is 0 Å². The van der Waals surface area contributed by atoms with Gasteiger partial charge in [-0.05, 0) is 13.0 Å². The van der Waals surface area contributed by atoms with E-state index < -0.39 is 4.92 Å². The molecule has 7 heteroatoms. The monoisotopic (exact) mass is 250 g/mol. The van der Waals surface area contributed by atoms with Crippen molar-refractivity contribution in [2.24, 2.45) is 0 Å². The first-order chi connectivity index (χ1) is 8.58. The van der Waals surface area contributed by atoms with E-state index in [1.54, 1.807) is 6.07 Å². The highest BCUT2D eigenvalue weighted by molar-refractivity contribution is 5.77. The number of amides is 1. The van der Waals surface area contributed by atoms with E-state index in [2.05, 4.69) is 10.3 Å². The van der Waals surface area contributed by atoms with Crippen molar-refractivity contribution >= 4 is 17.4 Å². The summed E-state index contributed by atoms with van der Waals surface area (Å²) in [5.41, 5.74) is -0.0320. The van der Waals surface area contributed by atoms with Crippen LogP contribution < -0.4 is 10.2 Å². The molecule has 2 heterocycles. The van der Waals surface area contributed by atoms with Gasteiger partial charge in [0.15, 0.2) is 0 Å². The molecule has 1 aliphatic rings. The van der Waals surface area contributed by atoms with Crippen LogP contribution in [0.1, 0.15) is 13.3 Å². The molecule has 1 aromatic rings. The second-order valence-electron chi connectivity index (χ2n) is 4.23. The van der Waals surface area contributed by atoms with Gasteiger partial charge in [0.1, 0.15) is 12.0 Å². The van der Waals surface area contributed by atoms with Crippen LogP contribution in [0.5, 0.6) is 0 Å². The van der Waals surface area contributed by atoms with Crippen molar-refractivity contribution in [1.29, 1.82) is 0 Å². The van der Waals surface area contributed by atoms with Crippen molar-refractivity contribution in [1.82, 2.24) is 10.3 Å². The van der Waals surface area contributed by atoms with Crippen molar-refractivity contribution in [3.8, 4) is 0 Å². The van der Waals surface area contributed by atoms with Gasteiger partial charge in [-0.2, -0.15) is 0 Å². The smallest absolute Gasteiger partial charge is 0.287 e. The van der Waals surface area contributed by atoms with E-state index in [4.69, 9.17) is 0 Å². The fraction of sp³-hybridized carbons (Fsp3) is 0.455. The first kappa shape index (κ1) is 12.3. The van der Waals surface area contributed by atoms with E-state index in [1.807, 2.05) is 11.8 Å². The van der Waals surface area contributed by atoms with Crippen molar-refractivity contribution in [2.45, 2.75) is 19.4 Å². The lowest BCUT2D eigenvalue weighted by atomic mass is 10.2. The molecule has 0 spiro atoms. The maximum absolute atomic E-state index is 11.4. The van der Waals surface area contributed by atoms with E-state index in [-0.39, 0.29) is 17.6 Å². The van der Waals surface area contributed by atoms with E-state index in [0.717, 1.165) is 0 Å². The molecule has 1 aliphatic heterocycles. The molecule has 18 heavy (non-hydrogen) atoms. The zero-order valence-corrected chi connectivity index (χ0v) is 10.00. The maximum atomic E-state index is 11.4. The third-order valence-electron chi connectivity index (χ3n) is 2.93. The van der Waals surface area contributed by atoms with Crippen LogP contribution in [0.25, 0.3) is 0 Å².